The van der Waals surface area contributed by atoms with Crippen molar-refractivity contribution >= 4 is 17.7 Å². The molecule has 6 N–H and O–H groups in total. The Hall–Kier alpha value is -3.42. The highest BCUT2D eigenvalue weighted by Crippen LogP contribution is 2.37. The summed E-state index contributed by atoms with van der Waals surface area (Å²) in [5.74, 6) is -2.84. The number of urea groups is 1. The van der Waals surface area contributed by atoms with Crippen molar-refractivity contribution < 1.29 is 30.0 Å². The second kappa shape index (κ2) is 6.56. The number of benzene rings is 2. The van der Waals surface area contributed by atoms with Gasteiger partial charge in [0.25, 0.3) is 0 Å². The van der Waals surface area contributed by atoms with Gasteiger partial charge in [0.15, 0.2) is 17.2 Å². The van der Waals surface area contributed by atoms with Gasteiger partial charge in [0.05, 0.1) is 11.3 Å². The molecule has 2 aromatic carbocycles. The van der Waals surface area contributed by atoms with Gasteiger partial charge < -0.3 is 31.1 Å². The molecule has 23 heavy (non-hydrogen) atoms. The average molecular weight is 318 g/mol. The lowest BCUT2D eigenvalue weighted by Crippen LogP contribution is -2.28. The van der Waals surface area contributed by atoms with E-state index in [1.54, 1.807) is 12.1 Å². The molecule has 2 amide bonds. The highest BCUT2D eigenvalue weighted by atomic mass is 16.4. The number of aromatic carboxylic acids is 1. The predicted molar refractivity (Wildman–Crippen MR) is 80.7 cm³/mol. The molecule has 0 fully saturated rings. The van der Waals surface area contributed by atoms with Gasteiger partial charge in [-0.05, 0) is 17.7 Å². The number of phenolic OH excluding ortho intramolecular Hbond substituents is 3. The van der Waals surface area contributed by atoms with E-state index in [0.717, 1.165) is 12.1 Å². The van der Waals surface area contributed by atoms with Gasteiger partial charge in [-0.15, -0.1) is 0 Å². The highest BCUT2D eigenvalue weighted by Gasteiger charge is 2.10. The fourth-order valence-electron chi connectivity index (χ4n) is 1.80. The molecule has 120 valence electrons. The Morgan fingerprint density at radius 3 is 2.04 bits per heavy atom. The summed E-state index contributed by atoms with van der Waals surface area (Å²) in [6, 6.07) is 7.55. The molecule has 2 rings (SSSR count). The van der Waals surface area contributed by atoms with Gasteiger partial charge in [0.1, 0.15) is 0 Å². The number of hydrogen-bond donors (Lipinski definition) is 6. The van der Waals surface area contributed by atoms with E-state index in [2.05, 4.69) is 10.6 Å². The molecule has 0 unspecified atom stereocenters. The first-order valence-corrected chi connectivity index (χ1v) is 6.49. The number of aromatic hydroxyl groups is 3. The summed E-state index contributed by atoms with van der Waals surface area (Å²) in [5, 5.41) is 41.6. The maximum Gasteiger partial charge on any atom is 0.335 e. The minimum absolute atomic E-state index is 0.0940. The van der Waals surface area contributed by atoms with Crippen molar-refractivity contribution in [1.82, 2.24) is 5.32 Å². The molecule has 8 heteroatoms. The molecular formula is C15H14N2O6. The van der Waals surface area contributed by atoms with Crippen LogP contribution in [0.3, 0.4) is 0 Å². The van der Waals surface area contributed by atoms with Crippen LogP contribution in [0.2, 0.25) is 0 Å². The fourth-order valence-corrected chi connectivity index (χ4v) is 1.80. The third kappa shape index (κ3) is 4.03. The van der Waals surface area contributed by atoms with Crippen LogP contribution < -0.4 is 10.6 Å². The molecule has 0 saturated carbocycles. The van der Waals surface area contributed by atoms with E-state index in [4.69, 9.17) is 5.11 Å². The number of carbonyl (C=O) groups is 2. The standard InChI is InChI=1S/C15H14N2O6/c18-11-5-10(6-12(19)13(11)20)17-15(23)16-7-8-1-3-9(4-2-8)14(21)22/h1-6,18-20H,7H2,(H,21,22)(H2,16,17,23). The second-order valence-electron chi connectivity index (χ2n) is 4.67. The number of carboxylic acid groups (broad SMARTS) is 1. The lowest BCUT2D eigenvalue weighted by Gasteiger charge is -2.09. The Labute approximate surface area is 130 Å². The van der Waals surface area contributed by atoms with E-state index >= 15 is 0 Å². The normalized spacial score (nSPS) is 10.1. The minimum atomic E-state index is -1.03. The quantitative estimate of drug-likeness (QED) is 0.375. The molecule has 0 spiro atoms. The third-order valence-electron chi connectivity index (χ3n) is 2.98. The fraction of sp³-hybridized carbons (Fsp3) is 0.0667. The summed E-state index contributed by atoms with van der Waals surface area (Å²) in [4.78, 5) is 22.4. The molecule has 0 atom stereocenters. The molecule has 0 saturated heterocycles. The molecule has 8 nitrogen and oxygen atoms in total. The molecule has 0 radical (unpaired) electrons. The smallest absolute Gasteiger partial charge is 0.335 e. The summed E-state index contributed by atoms with van der Waals surface area (Å²) in [6.07, 6.45) is 0. The SMILES string of the molecule is O=C(NCc1ccc(C(=O)O)cc1)Nc1cc(O)c(O)c(O)c1. The van der Waals surface area contributed by atoms with Crippen LogP contribution in [-0.4, -0.2) is 32.4 Å². The van der Waals surface area contributed by atoms with Crippen molar-refractivity contribution in [3.8, 4) is 17.2 Å². The first-order valence-electron chi connectivity index (χ1n) is 6.49. The summed E-state index contributed by atoms with van der Waals surface area (Å²) in [5.41, 5.74) is 0.936. The van der Waals surface area contributed by atoms with Gasteiger partial charge >= 0.3 is 12.0 Å². The Morgan fingerprint density at radius 2 is 1.52 bits per heavy atom. The van der Waals surface area contributed by atoms with E-state index in [1.165, 1.54) is 12.1 Å². The molecule has 0 aromatic heterocycles. The van der Waals surface area contributed by atoms with Crippen molar-refractivity contribution in [1.29, 1.82) is 0 Å². The molecular weight excluding hydrogens is 304 g/mol. The van der Waals surface area contributed by atoms with Gasteiger partial charge in [0, 0.05) is 18.7 Å². The van der Waals surface area contributed by atoms with Crippen molar-refractivity contribution in [2.75, 3.05) is 5.32 Å². The number of phenols is 3. The minimum Gasteiger partial charge on any atom is -0.504 e. The van der Waals surface area contributed by atoms with Crippen LogP contribution in [0.25, 0.3) is 0 Å². The molecule has 0 bridgehead atoms. The van der Waals surface area contributed by atoms with Gasteiger partial charge in [0.2, 0.25) is 0 Å². The maximum absolute atomic E-state index is 11.7. The molecule has 0 aliphatic rings. The van der Waals surface area contributed by atoms with E-state index in [0.29, 0.717) is 5.56 Å². The van der Waals surface area contributed by atoms with E-state index in [-0.39, 0.29) is 17.8 Å². The van der Waals surface area contributed by atoms with Crippen LogP contribution in [0.15, 0.2) is 36.4 Å². The van der Waals surface area contributed by atoms with Crippen LogP contribution in [-0.2, 0) is 6.54 Å². The van der Waals surface area contributed by atoms with E-state index in [9.17, 15) is 24.9 Å². The van der Waals surface area contributed by atoms with Gasteiger partial charge in [-0.3, -0.25) is 0 Å². The van der Waals surface area contributed by atoms with Gasteiger partial charge in [-0.2, -0.15) is 0 Å². The van der Waals surface area contributed by atoms with Crippen molar-refractivity contribution in [2.24, 2.45) is 0 Å². The zero-order valence-corrected chi connectivity index (χ0v) is 11.8. The first-order chi connectivity index (χ1) is 10.9. The Morgan fingerprint density at radius 1 is 0.957 bits per heavy atom. The van der Waals surface area contributed by atoms with Gasteiger partial charge in [-0.25, -0.2) is 9.59 Å². The van der Waals surface area contributed by atoms with Crippen molar-refractivity contribution in [3.05, 3.63) is 47.5 Å². The number of nitrogens with one attached hydrogen (secondary N) is 2. The van der Waals surface area contributed by atoms with Crippen molar-refractivity contribution in [3.63, 3.8) is 0 Å². The highest BCUT2D eigenvalue weighted by molar-refractivity contribution is 5.90. The topological polar surface area (TPSA) is 139 Å². The number of amides is 2. The zero-order chi connectivity index (χ0) is 17.0. The summed E-state index contributed by atoms with van der Waals surface area (Å²) in [6.45, 7) is 0.155. The molecule has 0 aliphatic heterocycles. The van der Waals surface area contributed by atoms with E-state index < -0.39 is 29.2 Å². The zero-order valence-electron chi connectivity index (χ0n) is 11.8. The number of rotatable bonds is 4. The van der Waals surface area contributed by atoms with E-state index in [1.807, 2.05) is 0 Å². The Balaban J connectivity index is 1.93. The molecule has 2 aromatic rings. The summed E-state index contributed by atoms with van der Waals surface area (Å²) in [7, 11) is 0. The summed E-state index contributed by atoms with van der Waals surface area (Å²) >= 11 is 0. The largest absolute Gasteiger partial charge is 0.504 e. The molecule has 0 heterocycles. The van der Waals surface area contributed by atoms with Crippen LogP contribution >= 0.6 is 0 Å². The second-order valence-corrected chi connectivity index (χ2v) is 4.67. The molecule has 0 aliphatic carbocycles. The average Bonchev–Trinajstić information content (AvgIpc) is 2.51. The third-order valence-corrected chi connectivity index (χ3v) is 2.98. The predicted octanol–water partition coefficient (Wildman–Crippen LogP) is 1.82. The lowest BCUT2D eigenvalue weighted by molar-refractivity contribution is 0.0697. The lowest BCUT2D eigenvalue weighted by atomic mass is 10.1. The van der Waals surface area contributed by atoms with Crippen LogP contribution in [0.1, 0.15) is 15.9 Å². The Bertz CT molecular complexity index is 719. The summed E-state index contributed by atoms with van der Waals surface area (Å²) < 4.78 is 0. The van der Waals surface area contributed by atoms with Crippen LogP contribution in [0.4, 0.5) is 10.5 Å². The Kier molecular flexibility index (Phi) is 4.55. The number of anilines is 1. The van der Waals surface area contributed by atoms with Crippen molar-refractivity contribution in [2.45, 2.75) is 6.54 Å². The monoisotopic (exact) mass is 318 g/mol. The number of carbonyl (C=O) groups excluding carboxylic acids is 1. The maximum atomic E-state index is 11.7. The number of carboxylic acids is 1. The van der Waals surface area contributed by atoms with Gasteiger partial charge in [-0.1, -0.05) is 12.1 Å². The van der Waals surface area contributed by atoms with Crippen LogP contribution in [0, 0.1) is 0 Å². The first kappa shape index (κ1) is 16.0. The van der Waals surface area contributed by atoms with Crippen LogP contribution in [0.5, 0.6) is 17.2 Å². The number of hydrogen-bond acceptors (Lipinski definition) is 5.